The molecule has 1 unspecified atom stereocenters. The maximum absolute atomic E-state index is 13.2. The molecule has 0 spiro atoms. The number of ether oxygens (including phenoxy) is 3. The van der Waals surface area contributed by atoms with Crippen LogP contribution in [0.1, 0.15) is 38.9 Å². The number of benzene rings is 1. The number of hydrogen-bond donors (Lipinski definition) is 0. The highest BCUT2D eigenvalue weighted by atomic mass is 32.1. The number of esters is 1. The molecule has 2 heterocycles. The average Bonchev–Trinajstić information content (AvgIpc) is 3.28. The van der Waals surface area contributed by atoms with Crippen LogP contribution in [0.3, 0.4) is 0 Å². The van der Waals surface area contributed by atoms with E-state index in [-0.39, 0.29) is 56.8 Å². The van der Waals surface area contributed by atoms with E-state index >= 15 is 0 Å². The van der Waals surface area contributed by atoms with Gasteiger partial charge in [0, 0.05) is 25.0 Å². The summed E-state index contributed by atoms with van der Waals surface area (Å²) in [7, 11) is 2.88. The third-order valence-electron chi connectivity index (χ3n) is 5.44. The van der Waals surface area contributed by atoms with Crippen molar-refractivity contribution in [3.8, 4) is 5.75 Å². The van der Waals surface area contributed by atoms with Gasteiger partial charge in [0.05, 0.1) is 43.8 Å². The van der Waals surface area contributed by atoms with Crippen LogP contribution >= 0.6 is 11.3 Å². The van der Waals surface area contributed by atoms with Gasteiger partial charge in [-0.05, 0) is 30.7 Å². The van der Waals surface area contributed by atoms with Crippen molar-refractivity contribution in [2.75, 3.05) is 40.4 Å². The fourth-order valence-corrected chi connectivity index (χ4v) is 4.36. The minimum absolute atomic E-state index is 0.0469. The third-order valence-corrected chi connectivity index (χ3v) is 6.47. The van der Waals surface area contributed by atoms with Crippen molar-refractivity contribution in [3.05, 3.63) is 51.7 Å². The molecule has 182 valence electrons. The van der Waals surface area contributed by atoms with E-state index in [9.17, 15) is 19.2 Å². The molecule has 9 nitrogen and oxygen atoms in total. The number of thiophene rings is 1. The molecule has 1 fully saturated rings. The summed E-state index contributed by atoms with van der Waals surface area (Å²) in [6, 6.07) is 8.99. The van der Waals surface area contributed by atoms with E-state index in [1.165, 1.54) is 35.2 Å². The molecule has 2 amide bonds. The molecule has 1 aliphatic heterocycles. The lowest BCUT2D eigenvalue weighted by Gasteiger charge is -2.24. The lowest BCUT2D eigenvalue weighted by Crippen LogP contribution is -2.40. The first kappa shape index (κ1) is 25.4. The lowest BCUT2D eigenvalue weighted by molar-refractivity contribution is -0.142. The van der Waals surface area contributed by atoms with Gasteiger partial charge in [0.1, 0.15) is 12.3 Å². The van der Waals surface area contributed by atoms with Crippen molar-refractivity contribution in [1.29, 1.82) is 0 Å². The Kier molecular flexibility index (Phi) is 8.78. The minimum atomic E-state index is -0.481. The van der Waals surface area contributed by atoms with Crippen LogP contribution in [0.25, 0.3) is 0 Å². The van der Waals surface area contributed by atoms with Crippen molar-refractivity contribution in [1.82, 2.24) is 9.80 Å². The summed E-state index contributed by atoms with van der Waals surface area (Å²) in [4.78, 5) is 52.8. The second-order valence-electron chi connectivity index (χ2n) is 7.89. The molecule has 0 bridgehead atoms. The number of ketones is 1. The molecule has 1 atom stereocenters. The largest absolute Gasteiger partial charge is 0.497 e. The van der Waals surface area contributed by atoms with E-state index in [2.05, 4.69) is 4.74 Å². The van der Waals surface area contributed by atoms with Crippen molar-refractivity contribution in [3.63, 3.8) is 0 Å². The summed E-state index contributed by atoms with van der Waals surface area (Å²) in [6.07, 6.45) is -0.434. The summed E-state index contributed by atoms with van der Waals surface area (Å²) in [6.45, 7) is 2.14. The SMILES string of the molecule is COC(=O)CCN1CC(OCc2cccc(OC)c2)CN(C(=O)c2csc(C(C)=O)c2)CC1=O. The number of hydrogen-bond acceptors (Lipinski definition) is 8. The van der Waals surface area contributed by atoms with E-state index in [0.717, 1.165) is 5.56 Å². The molecule has 1 aromatic carbocycles. The molecule has 10 heteroatoms. The molecule has 0 aliphatic carbocycles. The number of Topliss-reactive ketones (excluding diaryl/α,β-unsaturated/α-hetero) is 1. The van der Waals surface area contributed by atoms with Crippen LogP contribution in [-0.4, -0.2) is 79.9 Å². The Bertz CT molecular complexity index is 1050. The van der Waals surface area contributed by atoms with Crippen LogP contribution in [0.2, 0.25) is 0 Å². The number of carbonyl (C=O) groups excluding carboxylic acids is 4. The van der Waals surface area contributed by atoms with Crippen molar-refractivity contribution >= 4 is 34.9 Å². The van der Waals surface area contributed by atoms with Gasteiger partial charge in [-0.2, -0.15) is 0 Å². The number of carbonyl (C=O) groups is 4. The minimum Gasteiger partial charge on any atom is -0.497 e. The molecule has 1 aromatic heterocycles. The highest BCUT2D eigenvalue weighted by Crippen LogP contribution is 2.20. The van der Waals surface area contributed by atoms with E-state index < -0.39 is 12.1 Å². The average molecular weight is 489 g/mol. The van der Waals surface area contributed by atoms with Gasteiger partial charge in [-0.3, -0.25) is 19.2 Å². The zero-order valence-corrected chi connectivity index (χ0v) is 20.3. The van der Waals surface area contributed by atoms with Crippen molar-refractivity contribution in [2.45, 2.75) is 26.1 Å². The van der Waals surface area contributed by atoms with Crippen LogP contribution in [0, 0.1) is 0 Å². The van der Waals surface area contributed by atoms with E-state index in [4.69, 9.17) is 9.47 Å². The Morgan fingerprint density at radius 1 is 1.15 bits per heavy atom. The topological polar surface area (TPSA) is 102 Å². The van der Waals surface area contributed by atoms with Gasteiger partial charge in [0.2, 0.25) is 5.91 Å². The number of rotatable bonds is 9. The van der Waals surface area contributed by atoms with E-state index in [1.807, 2.05) is 24.3 Å². The smallest absolute Gasteiger partial charge is 0.307 e. The zero-order valence-electron chi connectivity index (χ0n) is 19.4. The summed E-state index contributed by atoms with van der Waals surface area (Å²) in [5.74, 6) is -0.473. The maximum Gasteiger partial charge on any atom is 0.307 e. The molecular weight excluding hydrogens is 460 g/mol. The van der Waals surface area contributed by atoms with Crippen molar-refractivity contribution < 1.29 is 33.4 Å². The van der Waals surface area contributed by atoms with Gasteiger partial charge >= 0.3 is 5.97 Å². The quantitative estimate of drug-likeness (QED) is 0.394. The lowest BCUT2D eigenvalue weighted by atomic mass is 10.2. The van der Waals surface area contributed by atoms with Crippen LogP contribution in [-0.2, 0) is 25.7 Å². The van der Waals surface area contributed by atoms with Crippen LogP contribution < -0.4 is 4.74 Å². The van der Waals surface area contributed by atoms with Gasteiger partial charge in [-0.15, -0.1) is 11.3 Å². The second kappa shape index (κ2) is 11.8. The summed E-state index contributed by atoms with van der Waals surface area (Å²) >= 11 is 1.20. The summed E-state index contributed by atoms with van der Waals surface area (Å²) in [5, 5.41) is 1.62. The van der Waals surface area contributed by atoms with Crippen molar-refractivity contribution in [2.24, 2.45) is 0 Å². The Morgan fingerprint density at radius 3 is 2.62 bits per heavy atom. The Hall–Kier alpha value is -3.24. The highest BCUT2D eigenvalue weighted by Gasteiger charge is 2.32. The Labute approximate surface area is 202 Å². The number of amides is 2. The molecule has 0 radical (unpaired) electrons. The van der Waals surface area contributed by atoms with Gasteiger partial charge in [-0.1, -0.05) is 12.1 Å². The second-order valence-corrected chi connectivity index (χ2v) is 8.80. The summed E-state index contributed by atoms with van der Waals surface area (Å²) in [5.41, 5.74) is 1.25. The predicted octanol–water partition coefficient (Wildman–Crippen LogP) is 2.39. The first-order valence-electron chi connectivity index (χ1n) is 10.8. The molecule has 3 rings (SSSR count). The number of methoxy groups -OCH3 is 2. The maximum atomic E-state index is 13.2. The van der Waals surface area contributed by atoms with Gasteiger partial charge < -0.3 is 24.0 Å². The monoisotopic (exact) mass is 488 g/mol. The van der Waals surface area contributed by atoms with Crippen LogP contribution in [0.5, 0.6) is 5.75 Å². The van der Waals surface area contributed by atoms with E-state index in [0.29, 0.717) is 16.2 Å². The molecule has 2 aromatic rings. The Balaban J connectivity index is 1.77. The summed E-state index contributed by atoms with van der Waals surface area (Å²) < 4.78 is 16.0. The van der Waals surface area contributed by atoms with Crippen LogP contribution in [0.4, 0.5) is 0 Å². The first-order chi connectivity index (χ1) is 16.3. The molecule has 0 N–H and O–H groups in total. The standard InChI is InChI=1S/C24H28N2O7S/c1-16(27)21-10-18(15-34-21)24(30)26-12-20(33-14-17-5-4-6-19(9-17)31-2)11-25(22(28)13-26)8-7-23(29)32-3/h4-6,9-10,15,20H,7-8,11-14H2,1-3H3. The third kappa shape index (κ3) is 6.64. The fraction of sp³-hybridized carbons (Fsp3) is 0.417. The fourth-order valence-electron chi connectivity index (χ4n) is 3.58. The zero-order chi connectivity index (χ0) is 24.7. The predicted molar refractivity (Wildman–Crippen MR) is 125 cm³/mol. The van der Waals surface area contributed by atoms with Gasteiger partial charge in [0.15, 0.2) is 5.78 Å². The van der Waals surface area contributed by atoms with E-state index in [1.54, 1.807) is 18.6 Å². The normalized spacial score (nSPS) is 16.2. The molecule has 1 aliphatic rings. The molecule has 34 heavy (non-hydrogen) atoms. The van der Waals surface area contributed by atoms with Gasteiger partial charge in [0.25, 0.3) is 5.91 Å². The van der Waals surface area contributed by atoms with Gasteiger partial charge in [-0.25, -0.2) is 0 Å². The Morgan fingerprint density at radius 2 is 1.94 bits per heavy atom. The highest BCUT2D eigenvalue weighted by molar-refractivity contribution is 7.12. The molecule has 1 saturated heterocycles. The first-order valence-corrected chi connectivity index (χ1v) is 11.7. The van der Waals surface area contributed by atoms with Crippen LogP contribution in [0.15, 0.2) is 35.7 Å². The molecule has 0 saturated carbocycles. The number of nitrogens with zero attached hydrogens (tertiary/aromatic N) is 2. The molecular formula is C24H28N2O7S.